The summed E-state index contributed by atoms with van der Waals surface area (Å²) >= 11 is 3.19. The minimum atomic E-state index is -0.0191. The Bertz CT molecular complexity index is 445. The Morgan fingerprint density at radius 2 is 2.39 bits per heavy atom. The zero-order valence-corrected chi connectivity index (χ0v) is 12.3. The zero-order chi connectivity index (χ0) is 13.4. The smallest absolute Gasteiger partial charge is 0.261 e. The molecule has 3 N–H and O–H groups in total. The van der Waals surface area contributed by atoms with Crippen LogP contribution in [-0.4, -0.2) is 30.5 Å². The molecular weight excluding hydrogens is 264 g/mol. The molecule has 1 atom stereocenters. The van der Waals surface area contributed by atoms with E-state index in [0.717, 1.165) is 17.1 Å². The molecule has 0 radical (unpaired) electrons. The molecule has 1 heterocycles. The number of thiophene rings is 1. The number of nitrogens with one attached hydrogen (secondary N) is 1. The highest BCUT2D eigenvalue weighted by atomic mass is 32.2. The molecule has 98 valence electrons. The average Bonchev–Trinajstić information content (AvgIpc) is 2.82. The fraction of sp³-hybridized carbons (Fsp3) is 0.462. The van der Waals surface area contributed by atoms with Crippen LogP contribution in [0.2, 0.25) is 0 Å². The first-order valence-corrected chi connectivity index (χ1v) is 7.97. The van der Waals surface area contributed by atoms with Gasteiger partial charge in [0.2, 0.25) is 0 Å². The largest absolute Gasteiger partial charge is 0.349 e. The fourth-order valence-electron chi connectivity index (χ4n) is 1.33. The lowest BCUT2D eigenvalue weighted by molar-refractivity contribution is 0.0943. The zero-order valence-electron chi connectivity index (χ0n) is 10.7. The van der Waals surface area contributed by atoms with E-state index in [0.29, 0.717) is 11.4 Å². The lowest BCUT2D eigenvalue weighted by Crippen LogP contribution is -2.32. The van der Waals surface area contributed by atoms with Gasteiger partial charge in [0, 0.05) is 6.04 Å². The summed E-state index contributed by atoms with van der Waals surface area (Å²) in [4.78, 5) is 13.5. The highest BCUT2D eigenvalue weighted by Crippen LogP contribution is 2.15. The van der Waals surface area contributed by atoms with Crippen LogP contribution in [0.4, 0.5) is 0 Å². The summed E-state index contributed by atoms with van der Waals surface area (Å²) in [6, 6.07) is 3.86. The molecule has 1 amide bonds. The minimum Gasteiger partial charge on any atom is -0.349 e. The topological polar surface area (TPSA) is 55.1 Å². The Morgan fingerprint density at radius 3 is 3.06 bits per heavy atom. The standard InChI is InChI=1S/C13H18N2OS2/c1-10(7-9-17-2)15-13(16)12-6-5-11(18-12)4-3-8-14/h5-6,10H,7-9,14H2,1-2H3,(H,15,16). The minimum absolute atomic E-state index is 0.0191. The second-order valence-corrected chi connectivity index (χ2v) is 5.90. The SMILES string of the molecule is CSCCC(C)NC(=O)c1ccc(C#CCN)s1. The van der Waals surface area contributed by atoms with E-state index < -0.39 is 0 Å². The van der Waals surface area contributed by atoms with E-state index in [-0.39, 0.29) is 11.9 Å². The van der Waals surface area contributed by atoms with Crippen LogP contribution in [0.5, 0.6) is 0 Å². The molecule has 1 rings (SSSR count). The lowest BCUT2D eigenvalue weighted by atomic mass is 10.2. The second-order valence-electron chi connectivity index (χ2n) is 3.83. The maximum absolute atomic E-state index is 11.9. The van der Waals surface area contributed by atoms with Gasteiger partial charge in [-0.3, -0.25) is 4.79 Å². The Labute approximate surface area is 117 Å². The number of nitrogens with two attached hydrogens (primary N) is 1. The summed E-state index contributed by atoms with van der Waals surface area (Å²) in [7, 11) is 0. The third-order valence-corrected chi connectivity index (χ3v) is 3.92. The van der Waals surface area contributed by atoms with Crippen molar-refractivity contribution in [3.05, 3.63) is 21.9 Å². The van der Waals surface area contributed by atoms with Gasteiger partial charge in [-0.1, -0.05) is 11.8 Å². The predicted octanol–water partition coefficient (Wildman–Crippen LogP) is 1.93. The lowest BCUT2D eigenvalue weighted by Gasteiger charge is -2.11. The molecule has 0 fully saturated rings. The van der Waals surface area contributed by atoms with Gasteiger partial charge in [-0.25, -0.2) is 0 Å². The van der Waals surface area contributed by atoms with Crippen molar-refractivity contribution in [2.24, 2.45) is 5.73 Å². The molecule has 3 nitrogen and oxygen atoms in total. The number of hydrogen-bond donors (Lipinski definition) is 2. The molecule has 0 saturated heterocycles. The molecule has 1 aromatic rings. The van der Waals surface area contributed by atoms with Crippen LogP contribution in [0.1, 0.15) is 27.9 Å². The van der Waals surface area contributed by atoms with Crippen molar-refractivity contribution in [2.45, 2.75) is 19.4 Å². The number of amides is 1. The molecule has 5 heteroatoms. The van der Waals surface area contributed by atoms with Crippen LogP contribution in [0.25, 0.3) is 0 Å². The second kappa shape index (κ2) is 8.20. The van der Waals surface area contributed by atoms with Crippen molar-refractivity contribution in [2.75, 3.05) is 18.6 Å². The predicted molar refractivity (Wildman–Crippen MR) is 80.2 cm³/mol. The van der Waals surface area contributed by atoms with Crippen LogP contribution >= 0.6 is 23.1 Å². The number of thioether (sulfide) groups is 1. The number of rotatable bonds is 5. The average molecular weight is 282 g/mol. The molecule has 0 bridgehead atoms. The van der Waals surface area contributed by atoms with Crippen molar-refractivity contribution in [1.82, 2.24) is 5.32 Å². The number of carbonyl (C=O) groups excluding carboxylic acids is 1. The normalized spacial score (nSPS) is 11.5. The molecule has 18 heavy (non-hydrogen) atoms. The third kappa shape index (κ3) is 5.13. The highest BCUT2D eigenvalue weighted by Gasteiger charge is 2.11. The molecule has 0 saturated carbocycles. The quantitative estimate of drug-likeness (QED) is 0.811. The fourth-order valence-corrected chi connectivity index (χ4v) is 2.70. The first-order valence-electron chi connectivity index (χ1n) is 5.76. The van der Waals surface area contributed by atoms with E-state index >= 15 is 0 Å². The van der Waals surface area contributed by atoms with Gasteiger partial charge in [-0.2, -0.15) is 11.8 Å². The van der Waals surface area contributed by atoms with Crippen molar-refractivity contribution in [3.8, 4) is 11.8 Å². The van der Waals surface area contributed by atoms with Gasteiger partial charge in [-0.15, -0.1) is 11.3 Å². The molecule has 1 aromatic heterocycles. The number of carbonyl (C=O) groups is 1. The monoisotopic (exact) mass is 282 g/mol. The van der Waals surface area contributed by atoms with Crippen LogP contribution in [0.3, 0.4) is 0 Å². The van der Waals surface area contributed by atoms with Crippen molar-refractivity contribution in [1.29, 1.82) is 0 Å². The van der Waals surface area contributed by atoms with Crippen molar-refractivity contribution < 1.29 is 4.79 Å². The summed E-state index contributed by atoms with van der Waals surface area (Å²) in [5.41, 5.74) is 5.31. The Balaban J connectivity index is 2.53. The van der Waals surface area contributed by atoms with Gasteiger partial charge in [0.05, 0.1) is 16.3 Å². The van der Waals surface area contributed by atoms with E-state index in [4.69, 9.17) is 5.73 Å². The maximum atomic E-state index is 11.9. The Morgan fingerprint density at radius 1 is 1.61 bits per heavy atom. The molecule has 0 aliphatic heterocycles. The van der Waals surface area contributed by atoms with Crippen LogP contribution in [0, 0.1) is 11.8 Å². The van der Waals surface area contributed by atoms with E-state index in [2.05, 4.69) is 23.4 Å². The van der Waals surface area contributed by atoms with Crippen molar-refractivity contribution >= 4 is 29.0 Å². The van der Waals surface area contributed by atoms with Gasteiger partial charge in [-0.05, 0) is 37.5 Å². The van der Waals surface area contributed by atoms with E-state index in [9.17, 15) is 4.79 Å². The van der Waals surface area contributed by atoms with Gasteiger partial charge in [0.15, 0.2) is 0 Å². The Kier molecular flexibility index (Phi) is 6.88. The van der Waals surface area contributed by atoms with Gasteiger partial charge in [0.1, 0.15) is 0 Å². The van der Waals surface area contributed by atoms with Crippen LogP contribution < -0.4 is 11.1 Å². The highest BCUT2D eigenvalue weighted by molar-refractivity contribution is 7.98. The maximum Gasteiger partial charge on any atom is 0.261 e. The first-order chi connectivity index (χ1) is 8.67. The van der Waals surface area contributed by atoms with Crippen LogP contribution in [0.15, 0.2) is 12.1 Å². The summed E-state index contributed by atoms with van der Waals surface area (Å²) in [5, 5.41) is 2.99. The first kappa shape index (κ1) is 15.1. The van der Waals surface area contributed by atoms with E-state index in [1.165, 1.54) is 11.3 Å². The molecule has 0 aromatic carbocycles. The molecule has 0 spiro atoms. The summed E-state index contributed by atoms with van der Waals surface area (Å²) in [6.45, 7) is 2.36. The summed E-state index contributed by atoms with van der Waals surface area (Å²) in [5.74, 6) is 6.74. The number of hydrogen-bond acceptors (Lipinski definition) is 4. The van der Waals surface area contributed by atoms with Crippen LogP contribution in [-0.2, 0) is 0 Å². The van der Waals surface area contributed by atoms with E-state index in [1.54, 1.807) is 11.8 Å². The third-order valence-electron chi connectivity index (χ3n) is 2.28. The summed E-state index contributed by atoms with van der Waals surface area (Å²) < 4.78 is 0. The van der Waals surface area contributed by atoms with Gasteiger partial charge in [0.25, 0.3) is 5.91 Å². The van der Waals surface area contributed by atoms with Gasteiger partial charge < -0.3 is 11.1 Å². The summed E-state index contributed by atoms with van der Waals surface area (Å²) in [6.07, 6.45) is 3.05. The molecule has 0 aliphatic rings. The molecule has 1 unspecified atom stereocenters. The molecule has 0 aliphatic carbocycles. The van der Waals surface area contributed by atoms with E-state index in [1.807, 2.05) is 19.1 Å². The molecular formula is C13H18N2OS2. The van der Waals surface area contributed by atoms with Gasteiger partial charge >= 0.3 is 0 Å². The Hall–Kier alpha value is -0.960. The van der Waals surface area contributed by atoms with Crippen molar-refractivity contribution in [3.63, 3.8) is 0 Å².